The number of nitrogens with one attached hydrogen (secondary N) is 1. The Labute approximate surface area is 223 Å². The first-order valence-electron chi connectivity index (χ1n) is 12.7. The summed E-state index contributed by atoms with van der Waals surface area (Å²) < 4.78 is 5.42. The van der Waals surface area contributed by atoms with E-state index in [0.29, 0.717) is 18.5 Å². The highest BCUT2D eigenvalue weighted by molar-refractivity contribution is 5.94. The summed E-state index contributed by atoms with van der Waals surface area (Å²) in [5, 5.41) is 14.2. The molecule has 0 aliphatic rings. The molecule has 194 valence electrons. The second-order valence-corrected chi connectivity index (χ2v) is 9.11. The minimum absolute atomic E-state index is 0.0269. The lowest BCUT2D eigenvalue weighted by molar-refractivity contribution is 0.0502. The summed E-state index contributed by atoms with van der Waals surface area (Å²) in [6, 6.07) is 37.0. The van der Waals surface area contributed by atoms with Gasteiger partial charge in [-0.05, 0) is 35.2 Å². The number of carbonyl (C=O) groups is 2. The van der Waals surface area contributed by atoms with Gasteiger partial charge in [0.1, 0.15) is 6.61 Å². The minimum atomic E-state index is -1.05. The second kappa shape index (κ2) is 13.8. The van der Waals surface area contributed by atoms with Gasteiger partial charge in [0.05, 0.1) is 12.1 Å². The van der Waals surface area contributed by atoms with E-state index in [4.69, 9.17) is 4.74 Å². The van der Waals surface area contributed by atoms with E-state index in [-0.39, 0.29) is 19.1 Å². The van der Waals surface area contributed by atoms with Crippen LogP contribution in [0.4, 0.5) is 4.79 Å². The van der Waals surface area contributed by atoms with E-state index < -0.39 is 18.2 Å². The van der Waals surface area contributed by atoms with E-state index in [9.17, 15) is 14.7 Å². The summed E-state index contributed by atoms with van der Waals surface area (Å²) in [5.41, 5.74) is 3.29. The van der Waals surface area contributed by atoms with Crippen molar-refractivity contribution in [3.05, 3.63) is 144 Å². The molecule has 2 N–H and O–H groups in total. The van der Waals surface area contributed by atoms with Crippen LogP contribution in [-0.2, 0) is 24.3 Å². The van der Waals surface area contributed by atoms with Gasteiger partial charge in [-0.15, -0.1) is 0 Å². The molecule has 0 heterocycles. The lowest BCUT2D eigenvalue weighted by atomic mass is 10.0. The van der Waals surface area contributed by atoms with Crippen LogP contribution < -0.4 is 5.32 Å². The van der Waals surface area contributed by atoms with E-state index in [2.05, 4.69) is 5.32 Å². The van der Waals surface area contributed by atoms with E-state index >= 15 is 0 Å². The van der Waals surface area contributed by atoms with Gasteiger partial charge in [0.15, 0.2) is 0 Å². The molecule has 0 aliphatic heterocycles. The van der Waals surface area contributed by atoms with Crippen LogP contribution in [-0.4, -0.2) is 40.7 Å². The average Bonchev–Trinajstić information content (AvgIpc) is 2.97. The van der Waals surface area contributed by atoms with Gasteiger partial charge in [0, 0.05) is 18.7 Å². The maximum atomic E-state index is 13.4. The Kier molecular flexibility index (Phi) is 9.65. The Morgan fingerprint density at radius 2 is 1.21 bits per heavy atom. The molecule has 0 saturated heterocycles. The number of carbonyl (C=O) groups excluding carboxylic acids is 2. The first kappa shape index (κ1) is 26.6. The number of hydrogen-bond donors (Lipinski definition) is 2. The molecule has 0 fully saturated rings. The Morgan fingerprint density at radius 3 is 1.79 bits per heavy atom. The molecule has 2 atom stereocenters. The first-order chi connectivity index (χ1) is 18.6. The van der Waals surface area contributed by atoms with Gasteiger partial charge in [0.2, 0.25) is 0 Å². The van der Waals surface area contributed by atoms with Crippen molar-refractivity contribution in [1.29, 1.82) is 0 Å². The predicted octanol–water partition coefficient (Wildman–Crippen LogP) is 5.23. The molecule has 0 spiro atoms. The van der Waals surface area contributed by atoms with Crippen LogP contribution in [0.5, 0.6) is 0 Å². The molecular weight excluding hydrogens is 476 g/mol. The third-order valence-corrected chi connectivity index (χ3v) is 6.21. The molecule has 0 saturated carbocycles. The quantitative estimate of drug-likeness (QED) is 0.291. The highest BCUT2D eigenvalue weighted by Gasteiger charge is 2.27. The Bertz CT molecular complexity index is 1270. The molecule has 38 heavy (non-hydrogen) atoms. The summed E-state index contributed by atoms with van der Waals surface area (Å²) in [6.07, 6.45) is -1.30. The largest absolute Gasteiger partial charge is 0.445 e. The number of rotatable bonds is 11. The van der Waals surface area contributed by atoms with Crippen molar-refractivity contribution >= 4 is 12.0 Å². The number of aliphatic hydroxyl groups is 1. The number of hydrogen-bond acceptors (Lipinski definition) is 4. The van der Waals surface area contributed by atoms with Gasteiger partial charge in [-0.2, -0.15) is 0 Å². The Morgan fingerprint density at radius 1 is 0.711 bits per heavy atom. The predicted molar refractivity (Wildman–Crippen MR) is 147 cm³/mol. The van der Waals surface area contributed by atoms with Crippen molar-refractivity contribution < 1.29 is 19.4 Å². The molecular formula is C32H32N2O4. The number of nitrogens with zero attached hydrogens (tertiary/aromatic N) is 1. The molecule has 0 bridgehead atoms. The zero-order valence-electron chi connectivity index (χ0n) is 21.1. The number of ether oxygens (including phenoxy) is 1. The number of benzene rings is 4. The van der Waals surface area contributed by atoms with Gasteiger partial charge in [0.25, 0.3) is 5.91 Å². The van der Waals surface area contributed by atoms with Gasteiger partial charge >= 0.3 is 6.09 Å². The SMILES string of the molecule is O=C(NC(Cc1ccccc1)[C@H](O)CN(Cc1ccccc1)C(=O)c1ccccc1)OCc1ccccc1. The maximum Gasteiger partial charge on any atom is 0.407 e. The standard InChI is InChI=1S/C32H32N2O4/c35-30(23-34(22-26-15-7-2-8-16-26)31(36)28-19-11-4-12-20-28)29(21-25-13-5-1-6-14-25)33-32(37)38-24-27-17-9-3-10-18-27/h1-20,29-30,35H,21-24H2,(H,33,37)/t29?,30-/m1/s1. The van der Waals surface area contributed by atoms with Crippen LogP contribution in [0.1, 0.15) is 27.0 Å². The summed E-state index contributed by atoms with van der Waals surface area (Å²) in [6.45, 7) is 0.467. The fourth-order valence-corrected chi connectivity index (χ4v) is 4.21. The lowest BCUT2D eigenvalue weighted by Crippen LogP contribution is -2.50. The fraction of sp³-hybridized carbons (Fsp3) is 0.188. The van der Waals surface area contributed by atoms with Gasteiger partial charge in [-0.1, -0.05) is 109 Å². The van der Waals surface area contributed by atoms with Crippen LogP contribution >= 0.6 is 0 Å². The van der Waals surface area contributed by atoms with E-state index in [1.54, 1.807) is 17.0 Å². The smallest absolute Gasteiger partial charge is 0.407 e. The van der Waals surface area contributed by atoms with Gasteiger partial charge < -0.3 is 20.1 Å². The average molecular weight is 509 g/mol. The second-order valence-electron chi connectivity index (χ2n) is 9.11. The van der Waals surface area contributed by atoms with Crippen LogP contribution in [0, 0.1) is 0 Å². The van der Waals surface area contributed by atoms with Crippen molar-refractivity contribution in [2.45, 2.75) is 31.7 Å². The molecule has 0 aromatic heterocycles. The van der Waals surface area contributed by atoms with Crippen molar-refractivity contribution in [3.8, 4) is 0 Å². The summed E-state index contributed by atoms with van der Waals surface area (Å²) in [4.78, 5) is 27.8. The lowest BCUT2D eigenvalue weighted by Gasteiger charge is -2.30. The van der Waals surface area contributed by atoms with E-state index in [0.717, 1.165) is 16.7 Å². The normalized spacial score (nSPS) is 12.2. The van der Waals surface area contributed by atoms with Crippen LogP contribution in [0.2, 0.25) is 0 Å². The van der Waals surface area contributed by atoms with Crippen molar-refractivity contribution in [3.63, 3.8) is 0 Å². The first-order valence-corrected chi connectivity index (χ1v) is 12.7. The number of alkyl carbamates (subject to hydrolysis) is 1. The summed E-state index contributed by atoms with van der Waals surface area (Å²) in [5.74, 6) is -0.196. The molecule has 6 nitrogen and oxygen atoms in total. The highest BCUT2D eigenvalue weighted by Crippen LogP contribution is 2.14. The molecule has 0 radical (unpaired) electrons. The molecule has 0 aliphatic carbocycles. The molecule has 2 amide bonds. The zero-order valence-corrected chi connectivity index (χ0v) is 21.1. The number of amides is 2. The van der Waals surface area contributed by atoms with E-state index in [1.165, 1.54) is 0 Å². The maximum absolute atomic E-state index is 13.4. The fourth-order valence-electron chi connectivity index (χ4n) is 4.21. The summed E-state index contributed by atoms with van der Waals surface area (Å²) >= 11 is 0. The topological polar surface area (TPSA) is 78.9 Å². The Balaban J connectivity index is 1.50. The van der Waals surface area contributed by atoms with Crippen molar-refractivity contribution in [2.75, 3.05) is 6.54 Å². The minimum Gasteiger partial charge on any atom is -0.445 e. The van der Waals surface area contributed by atoms with Crippen LogP contribution in [0.25, 0.3) is 0 Å². The van der Waals surface area contributed by atoms with Gasteiger partial charge in [-0.3, -0.25) is 4.79 Å². The summed E-state index contributed by atoms with van der Waals surface area (Å²) in [7, 11) is 0. The zero-order chi connectivity index (χ0) is 26.6. The molecule has 4 aromatic rings. The monoisotopic (exact) mass is 508 g/mol. The molecule has 1 unspecified atom stereocenters. The molecule has 4 rings (SSSR count). The van der Waals surface area contributed by atoms with Crippen molar-refractivity contribution in [2.24, 2.45) is 0 Å². The van der Waals surface area contributed by atoms with Crippen LogP contribution in [0.15, 0.2) is 121 Å². The van der Waals surface area contributed by atoms with E-state index in [1.807, 2.05) is 109 Å². The third-order valence-electron chi connectivity index (χ3n) is 6.21. The van der Waals surface area contributed by atoms with Crippen molar-refractivity contribution in [1.82, 2.24) is 10.2 Å². The highest BCUT2D eigenvalue weighted by atomic mass is 16.5. The Hall–Kier alpha value is -4.42. The third kappa shape index (κ3) is 8.05. The van der Waals surface area contributed by atoms with Crippen LogP contribution in [0.3, 0.4) is 0 Å². The number of aliphatic hydroxyl groups excluding tert-OH is 1. The van der Waals surface area contributed by atoms with Gasteiger partial charge in [-0.25, -0.2) is 4.79 Å². The molecule has 4 aromatic carbocycles. The molecule has 6 heteroatoms.